The minimum absolute atomic E-state index is 0.860. The van der Waals surface area contributed by atoms with E-state index < -0.39 is 0 Å². The Bertz CT molecular complexity index is 200. The molecule has 2 rings (SSSR count). The fraction of sp³-hybridized carbons (Fsp3) is 0.333. The molecule has 0 aromatic heterocycles. The third kappa shape index (κ3) is 1.71. The van der Waals surface area contributed by atoms with Gasteiger partial charge in [0.1, 0.15) is 5.75 Å². The van der Waals surface area contributed by atoms with E-state index in [1.54, 1.807) is 0 Å². The Morgan fingerprint density at radius 2 is 2.00 bits per heavy atom. The van der Waals surface area contributed by atoms with Crippen molar-refractivity contribution in [2.75, 3.05) is 13.7 Å². The summed E-state index contributed by atoms with van der Waals surface area (Å²) in [5.74, 6) is 1.07. The zero-order valence-corrected chi connectivity index (χ0v) is 6.71. The smallest absolute Gasteiger partial charge is 0.122 e. The van der Waals surface area contributed by atoms with Crippen molar-refractivity contribution in [1.29, 1.82) is 0 Å². The van der Waals surface area contributed by atoms with E-state index in [1.165, 1.54) is 12.6 Å². The molecule has 11 heavy (non-hydrogen) atoms. The average molecular weight is 151 g/mol. The second kappa shape index (κ2) is 3.98. The molecule has 0 aliphatic carbocycles. The molecule has 2 nitrogen and oxygen atoms in total. The minimum atomic E-state index is 0.860. The number of hydrogen-bond donors (Lipinski definition) is 1. The minimum Gasteiger partial charge on any atom is -0.493 e. The fourth-order valence-corrected chi connectivity index (χ4v) is 1.12. The quantitative estimate of drug-likeness (QED) is 0.604. The third-order valence-corrected chi connectivity index (χ3v) is 1.60. The monoisotopic (exact) mass is 151 g/mol. The molecule has 2 N–H and O–H groups in total. The Hall–Kier alpha value is -1.02. The molecule has 1 heterocycles. The topological polar surface area (TPSA) is 35.2 Å². The molecule has 0 bridgehead atoms. The molecule has 0 saturated carbocycles. The summed E-state index contributed by atoms with van der Waals surface area (Å²) >= 11 is 0. The van der Waals surface area contributed by atoms with Crippen LogP contribution in [0.5, 0.6) is 5.75 Å². The molecule has 0 radical (unpaired) electrons. The zero-order chi connectivity index (χ0) is 8.10. The van der Waals surface area contributed by atoms with Gasteiger partial charge in [-0.2, -0.15) is 0 Å². The normalized spacial score (nSPS) is 12.5. The third-order valence-electron chi connectivity index (χ3n) is 1.60. The second-order valence-corrected chi connectivity index (χ2v) is 2.21. The van der Waals surface area contributed by atoms with E-state index in [0.29, 0.717) is 0 Å². The maximum absolute atomic E-state index is 5.30. The van der Waals surface area contributed by atoms with Gasteiger partial charge in [0.05, 0.1) is 6.61 Å². The largest absolute Gasteiger partial charge is 0.493 e. The van der Waals surface area contributed by atoms with Crippen molar-refractivity contribution in [2.24, 2.45) is 5.73 Å². The lowest BCUT2D eigenvalue weighted by molar-refractivity contribution is 0.357. The van der Waals surface area contributed by atoms with Crippen molar-refractivity contribution in [1.82, 2.24) is 0 Å². The van der Waals surface area contributed by atoms with Crippen LogP contribution < -0.4 is 10.5 Å². The van der Waals surface area contributed by atoms with Crippen LogP contribution in [-0.2, 0) is 6.42 Å². The van der Waals surface area contributed by atoms with Gasteiger partial charge in [-0.1, -0.05) is 18.2 Å². The van der Waals surface area contributed by atoms with Crippen molar-refractivity contribution in [3.63, 3.8) is 0 Å². The Labute approximate surface area is 67.0 Å². The van der Waals surface area contributed by atoms with E-state index in [0.717, 1.165) is 18.8 Å². The number of hydrogen-bond acceptors (Lipinski definition) is 2. The predicted molar refractivity (Wildman–Crippen MR) is 45.8 cm³/mol. The molecule has 0 atom stereocenters. The number of para-hydroxylation sites is 1. The van der Waals surface area contributed by atoms with Crippen LogP contribution in [0.15, 0.2) is 24.3 Å². The average Bonchev–Trinajstić information content (AvgIpc) is 2.55. The second-order valence-electron chi connectivity index (χ2n) is 2.21. The van der Waals surface area contributed by atoms with E-state index >= 15 is 0 Å². The Balaban J connectivity index is 0.000000281. The van der Waals surface area contributed by atoms with Crippen LogP contribution in [-0.4, -0.2) is 13.7 Å². The molecule has 1 aliphatic rings. The molecule has 0 saturated heterocycles. The summed E-state index contributed by atoms with van der Waals surface area (Å²) < 4.78 is 5.30. The molecule has 0 amide bonds. The molecule has 1 aliphatic heterocycles. The van der Waals surface area contributed by atoms with Crippen LogP contribution in [0.2, 0.25) is 0 Å². The van der Waals surface area contributed by atoms with E-state index in [2.05, 4.69) is 11.8 Å². The number of rotatable bonds is 0. The zero-order valence-electron chi connectivity index (χ0n) is 6.71. The van der Waals surface area contributed by atoms with Crippen LogP contribution in [0, 0.1) is 0 Å². The molecule has 0 fully saturated rings. The summed E-state index contributed by atoms with van der Waals surface area (Å²) in [4.78, 5) is 0. The van der Waals surface area contributed by atoms with Gasteiger partial charge in [-0.05, 0) is 18.7 Å². The first-order valence-corrected chi connectivity index (χ1v) is 3.75. The highest BCUT2D eigenvalue weighted by atomic mass is 16.5. The standard InChI is InChI=1S/C8H8O.CH5N/c1-2-4-8-7(3-1)5-6-9-8;1-2/h1-4H,5-6H2;2H2,1H3. The van der Waals surface area contributed by atoms with E-state index in [4.69, 9.17) is 4.74 Å². The van der Waals surface area contributed by atoms with Gasteiger partial charge in [-0.15, -0.1) is 0 Å². The summed E-state index contributed by atoms with van der Waals surface area (Å²) in [6, 6.07) is 8.18. The van der Waals surface area contributed by atoms with Crippen molar-refractivity contribution in [3.05, 3.63) is 29.8 Å². The Kier molecular flexibility index (Phi) is 2.93. The molecule has 0 unspecified atom stereocenters. The number of ether oxygens (including phenoxy) is 1. The summed E-state index contributed by atoms with van der Waals surface area (Å²) in [7, 11) is 1.50. The Morgan fingerprint density at radius 1 is 1.27 bits per heavy atom. The highest BCUT2D eigenvalue weighted by Gasteiger charge is 2.08. The van der Waals surface area contributed by atoms with Crippen LogP contribution in [0.3, 0.4) is 0 Å². The molecular weight excluding hydrogens is 138 g/mol. The van der Waals surface area contributed by atoms with Crippen LogP contribution in [0.1, 0.15) is 5.56 Å². The summed E-state index contributed by atoms with van der Waals surface area (Å²) in [5.41, 5.74) is 5.84. The van der Waals surface area contributed by atoms with Crippen molar-refractivity contribution in [3.8, 4) is 5.75 Å². The van der Waals surface area contributed by atoms with E-state index in [-0.39, 0.29) is 0 Å². The predicted octanol–water partition coefficient (Wildman–Crippen LogP) is 1.20. The lowest BCUT2D eigenvalue weighted by atomic mass is 10.2. The Morgan fingerprint density at radius 3 is 2.73 bits per heavy atom. The van der Waals surface area contributed by atoms with Gasteiger partial charge in [0, 0.05) is 6.42 Å². The molecular formula is C9H13NO. The van der Waals surface area contributed by atoms with Gasteiger partial charge in [0.25, 0.3) is 0 Å². The number of benzene rings is 1. The SMILES string of the molecule is CN.c1ccc2c(c1)CCO2. The first-order valence-electron chi connectivity index (χ1n) is 3.75. The van der Waals surface area contributed by atoms with Gasteiger partial charge in [0.2, 0.25) is 0 Å². The molecule has 1 aromatic rings. The highest BCUT2D eigenvalue weighted by Crippen LogP contribution is 2.23. The lowest BCUT2D eigenvalue weighted by Gasteiger charge is -1.93. The molecule has 1 aromatic carbocycles. The first-order chi connectivity index (χ1) is 5.47. The first kappa shape index (κ1) is 8.08. The highest BCUT2D eigenvalue weighted by molar-refractivity contribution is 5.35. The van der Waals surface area contributed by atoms with Gasteiger partial charge in [0.15, 0.2) is 0 Å². The molecule has 2 heteroatoms. The number of nitrogens with two attached hydrogens (primary N) is 1. The summed E-state index contributed by atoms with van der Waals surface area (Å²) in [6.45, 7) is 0.860. The van der Waals surface area contributed by atoms with Crippen LogP contribution >= 0.6 is 0 Å². The van der Waals surface area contributed by atoms with Crippen molar-refractivity contribution >= 4 is 0 Å². The maximum atomic E-state index is 5.30. The van der Waals surface area contributed by atoms with E-state index in [1.807, 2.05) is 18.2 Å². The molecule has 60 valence electrons. The van der Waals surface area contributed by atoms with Crippen LogP contribution in [0.25, 0.3) is 0 Å². The molecule has 0 spiro atoms. The summed E-state index contributed by atoms with van der Waals surface area (Å²) in [5, 5.41) is 0. The fourth-order valence-electron chi connectivity index (χ4n) is 1.12. The summed E-state index contributed by atoms with van der Waals surface area (Å²) in [6.07, 6.45) is 1.08. The maximum Gasteiger partial charge on any atom is 0.122 e. The van der Waals surface area contributed by atoms with Crippen molar-refractivity contribution in [2.45, 2.75) is 6.42 Å². The lowest BCUT2D eigenvalue weighted by Crippen LogP contribution is -1.85. The number of fused-ring (bicyclic) bond motifs is 1. The van der Waals surface area contributed by atoms with Gasteiger partial charge < -0.3 is 10.5 Å². The van der Waals surface area contributed by atoms with Crippen molar-refractivity contribution < 1.29 is 4.74 Å². The van der Waals surface area contributed by atoms with Gasteiger partial charge in [-0.3, -0.25) is 0 Å². The van der Waals surface area contributed by atoms with Gasteiger partial charge in [-0.25, -0.2) is 0 Å². The van der Waals surface area contributed by atoms with E-state index in [9.17, 15) is 0 Å². The van der Waals surface area contributed by atoms with Crippen LogP contribution in [0.4, 0.5) is 0 Å². The van der Waals surface area contributed by atoms with Gasteiger partial charge >= 0.3 is 0 Å².